The molecule has 0 fully saturated rings. The number of urea groups is 1. The molecule has 7 heteroatoms. The molecule has 2 aromatic rings. The molecule has 3 N–H and O–H groups in total. The van der Waals surface area contributed by atoms with Crippen molar-refractivity contribution in [3.8, 4) is 6.07 Å². The largest absolute Gasteiger partial charge is 0.481 e. The maximum Gasteiger partial charge on any atom is 0.319 e. The SMILES string of the molecule is CC(C)(CCC(=O)O)NC(=O)Nc1ccc(C(C#N)c2ccccc2)c(Cl)c1. The number of nitriles is 1. The summed E-state index contributed by atoms with van der Waals surface area (Å²) in [5.74, 6) is -1.42. The summed E-state index contributed by atoms with van der Waals surface area (Å²) in [5.41, 5.74) is 1.30. The molecule has 0 saturated heterocycles. The first-order valence-corrected chi connectivity index (χ1v) is 9.14. The van der Waals surface area contributed by atoms with E-state index in [2.05, 4.69) is 16.7 Å². The molecular weight excluding hydrogens is 378 g/mol. The smallest absolute Gasteiger partial charge is 0.319 e. The molecule has 0 bridgehead atoms. The minimum absolute atomic E-state index is 0.0388. The first-order chi connectivity index (χ1) is 13.2. The number of hydrogen-bond donors (Lipinski definition) is 3. The Morgan fingerprint density at radius 2 is 1.89 bits per heavy atom. The summed E-state index contributed by atoms with van der Waals surface area (Å²) in [6.07, 6.45) is 0.263. The van der Waals surface area contributed by atoms with Gasteiger partial charge in [0.25, 0.3) is 0 Å². The molecule has 0 radical (unpaired) electrons. The number of hydrogen-bond acceptors (Lipinski definition) is 3. The fourth-order valence-electron chi connectivity index (χ4n) is 2.76. The number of amides is 2. The molecule has 2 amide bonds. The summed E-state index contributed by atoms with van der Waals surface area (Å²) in [7, 11) is 0. The van der Waals surface area contributed by atoms with Crippen LogP contribution in [0.4, 0.5) is 10.5 Å². The molecule has 0 saturated carbocycles. The van der Waals surface area contributed by atoms with Crippen LogP contribution in [0, 0.1) is 11.3 Å². The van der Waals surface area contributed by atoms with Gasteiger partial charge in [-0.2, -0.15) is 5.26 Å². The van der Waals surface area contributed by atoms with Crippen LogP contribution in [-0.2, 0) is 4.79 Å². The lowest BCUT2D eigenvalue weighted by molar-refractivity contribution is -0.137. The molecule has 0 aliphatic rings. The highest BCUT2D eigenvalue weighted by Crippen LogP contribution is 2.31. The number of anilines is 1. The third-order valence-electron chi connectivity index (χ3n) is 4.25. The number of halogens is 1. The van der Waals surface area contributed by atoms with E-state index in [-0.39, 0.29) is 6.42 Å². The Morgan fingerprint density at radius 1 is 1.21 bits per heavy atom. The monoisotopic (exact) mass is 399 g/mol. The van der Waals surface area contributed by atoms with Gasteiger partial charge >= 0.3 is 12.0 Å². The van der Waals surface area contributed by atoms with Crippen molar-refractivity contribution < 1.29 is 14.7 Å². The zero-order valence-corrected chi connectivity index (χ0v) is 16.5. The predicted octanol–water partition coefficient (Wildman–Crippen LogP) is 4.76. The average Bonchev–Trinajstić information content (AvgIpc) is 2.63. The minimum atomic E-state index is -0.914. The van der Waals surface area contributed by atoms with Crippen LogP contribution in [0.5, 0.6) is 0 Å². The lowest BCUT2D eigenvalue weighted by Gasteiger charge is -2.25. The Hall–Kier alpha value is -3.04. The fourth-order valence-corrected chi connectivity index (χ4v) is 3.05. The van der Waals surface area contributed by atoms with Gasteiger partial charge in [0.05, 0.1) is 12.0 Å². The van der Waals surface area contributed by atoms with Crippen molar-refractivity contribution in [2.75, 3.05) is 5.32 Å². The molecule has 2 rings (SSSR count). The van der Waals surface area contributed by atoms with E-state index in [9.17, 15) is 14.9 Å². The van der Waals surface area contributed by atoms with Crippen LogP contribution in [0.25, 0.3) is 0 Å². The first kappa shape index (κ1) is 21.3. The lowest BCUT2D eigenvalue weighted by atomic mass is 9.92. The summed E-state index contributed by atoms with van der Waals surface area (Å²) in [6.45, 7) is 3.51. The van der Waals surface area contributed by atoms with E-state index in [1.165, 1.54) is 0 Å². The summed E-state index contributed by atoms with van der Waals surface area (Å²) in [5, 5.41) is 24.1. The number of benzene rings is 2. The molecule has 6 nitrogen and oxygen atoms in total. The van der Waals surface area contributed by atoms with Crippen molar-refractivity contribution in [2.45, 2.75) is 38.1 Å². The maximum atomic E-state index is 12.2. The molecule has 28 heavy (non-hydrogen) atoms. The highest BCUT2D eigenvalue weighted by atomic mass is 35.5. The summed E-state index contributed by atoms with van der Waals surface area (Å²) < 4.78 is 0. The standard InChI is InChI=1S/C21H22ClN3O3/c1-21(2,11-10-19(26)27)25-20(28)24-15-8-9-16(18(22)12-15)17(13-23)14-6-4-3-5-7-14/h3-9,12,17H,10-11H2,1-2H3,(H,26,27)(H2,24,25,28). The summed E-state index contributed by atoms with van der Waals surface area (Å²) >= 11 is 6.37. The Bertz CT molecular complexity index is 892. The van der Waals surface area contributed by atoms with Gasteiger partial charge in [0, 0.05) is 22.7 Å². The molecule has 146 valence electrons. The third-order valence-corrected chi connectivity index (χ3v) is 4.57. The number of nitrogens with one attached hydrogen (secondary N) is 2. The lowest BCUT2D eigenvalue weighted by Crippen LogP contribution is -2.45. The normalized spacial score (nSPS) is 11.9. The highest BCUT2D eigenvalue weighted by molar-refractivity contribution is 6.31. The first-order valence-electron chi connectivity index (χ1n) is 8.77. The molecule has 1 atom stereocenters. The van der Waals surface area contributed by atoms with Crippen LogP contribution in [0.3, 0.4) is 0 Å². The molecule has 0 heterocycles. The van der Waals surface area contributed by atoms with Crippen molar-refractivity contribution >= 4 is 29.3 Å². The number of carbonyl (C=O) groups excluding carboxylic acids is 1. The second-order valence-corrected chi connectivity index (χ2v) is 7.47. The number of rotatable bonds is 7. The number of carboxylic acids is 1. The van der Waals surface area contributed by atoms with Gasteiger partial charge in [0.2, 0.25) is 0 Å². The zero-order valence-electron chi connectivity index (χ0n) is 15.7. The molecule has 0 aliphatic heterocycles. The van der Waals surface area contributed by atoms with Crippen molar-refractivity contribution in [1.82, 2.24) is 5.32 Å². The molecular formula is C21H22ClN3O3. The van der Waals surface area contributed by atoms with Gasteiger partial charge in [0.1, 0.15) is 0 Å². The molecule has 1 unspecified atom stereocenters. The van der Waals surface area contributed by atoms with E-state index < -0.39 is 23.5 Å². The van der Waals surface area contributed by atoms with Gasteiger partial charge in [-0.25, -0.2) is 4.79 Å². The van der Waals surface area contributed by atoms with Crippen molar-refractivity contribution in [3.05, 3.63) is 64.7 Å². The highest BCUT2D eigenvalue weighted by Gasteiger charge is 2.22. The Labute approximate surface area is 169 Å². The van der Waals surface area contributed by atoms with Crippen LogP contribution in [0.15, 0.2) is 48.5 Å². The average molecular weight is 400 g/mol. The number of carboxylic acid groups (broad SMARTS) is 1. The van der Waals surface area contributed by atoms with E-state index >= 15 is 0 Å². The topological polar surface area (TPSA) is 102 Å². The molecule has 0 spiro atoms. The van der Waals surface area contributed by atoms with E-state index in [0.717, 1.165) is 5.56 Å². The second kappa shape index (κ2) is 9.25. The fraction of sp³-hybridized carbons (Fsp3) is 0.286. The van der Waals surface area contributed by atoms with Crippen molar-refractivity contribution in [1.29, 1.82) is 5.26 Å². The Balaban J connectivity index is 2.09. The van der Waals surface area contributed by atoms with Crippen LogP contribution in [0.2, 0.25) is 5.02 Å². The minimum Gasteiger partial charge on any atom is -0.481 e. The van der Waals surface area contributed by atoms with E-state index in [0.29, 0.717) is 22.7 Å². The maximum absolute atomic E-state index is 12.2. The Kier molecular flexibility index (Phi) is 7.02. The van der Waals surface area contributed by atoms with Crippen LogP contribution >= 0.6 is 11.6 Å². The third kappa shape index (κ3) is 6.00. The van der Waals surface area contributed by atoms with Gasteiger partial charge < -0.3 is 15.7 Å². The number of aliphatic carboxylic acids is 1. The van der Waals surface area contributed by atoms with Gasteiger partial charge in [-0.3, -0.25) is 4.79 Å². The predicted molar refractivity (Wildman–Crippen MR) is 108 cm³/mol. The second-order valence-electron chi connectivity index (χ2n) is 7.07. The van der Waals surface area contributed by atoms with Crippen molar-refractivity contribution in [3.63, 3.8) is 0 Å². The quantitative estimate of drug-likeness (QED) is 0.624. The Morgan fingerprint density at radius 3 is 2.46 bits per heavy atom. The number of carbonyl (C=O) groups is 2. The molecule has 0 aromatic heterocycles. The molecule has 2 aromatic carbocycles. The summed E-state index contributed by atoms with van der Waals surface area (Å²) in [6, 6.07) is 16.1. The van der Waals surface area contributed by atoms with Crippen LogP contribution < -0.4 is 10.6 Å². The van der Waals surface area contributed by atoms with Gasteiger partial charge in [0.15, 0.2) is 0 Å². The van der Waals surface area contributed by atoms with E-state index in [1.54, 1.807) is 32.0 Å². The van der Waals surface area contributed by atoms with Gasteiger partial charge in [-0.15, -0.1) is 0 Å². The van der Waals surface area contributed by atoms with Crippen LogP contribution in [-0.4, -0.2) is 22.6 Å². The van der Waals surface area contributed by atoms with Gasteiger partial charge in [-0.05, 0) is 43.5 Å². The van der Waals surface area contributed by atoms with E-state index in [4.69, 9.17) is 16.7 Å². The van der Waals surface area contributed by atoms with Crippen LogP contribution in [0.1, 0.15) is 43.7 Å². The van der Waals surface area contributed by atoms with E-state index in [1.807, 2.05) is 30.3 Å². The zero-order chi connectivity index (χ0) is 20.7. The van der Waals surface area contributed by atoms with Gasteiger partial charge in [-0.1, -0.05) is 48.0 Å². The summed E-state index contributed by atoms with van der Waals surface area (Å²) in [4.78, 5) is 22.9. The number of nitrogens with zero attached hydrogens (tertiary/aromatic N) is 1. The molecule has 0 aliphatic carbocycles. The van der Waals surface area contributed by atoms with Crippen molar-refractivity contribution in [2.24, 2.45) is 0 Å².